The zero-order valence-electron chi connectivity index (χ0n) is 10.8. The Labute approximate surface area is 121 Å². The first-order valence-corrected chi connectivity index (χ1v) is 6.63. The van der Waals surface area contributed by atoms with Crippen LogP contribution < -0.4 is 4.90 Å². The number of nitro groups is 1. The lowest BCUT2D eigenvalue weighted by atomic mass is 10.1. The van der Waals surface area contributed by atoms with Gasteiger partial charge in [-0.25, -0.2) is 4.98 Å². The van der Waals surface area contributed by atoms with Crippen molar-refractivity contribution in [1.29, 1.82) is 0 Å². The molecule has 1 aromatic heterocycles. The van der Waals surface area contributed by atoms with Crippen molar-refractivity contribution in [3.63, 3.8) is 0 Å². The fourth-order valence-electron chi connectivity index (χ4n) is 2.61. The summed E-state index contributed by atoms with van der Waals surface area (Å²) in [5.41, 5.74) is 2.20. The van der Waals surface area contributed by atoms with Crippen molar-refractivity contribution in [2.75, 3.05) is 4.90 Å². The molecule has 1 aliphatic heterocycles. The van der Waals surface area contributed by atoms with Gasteiger partial charge in [-0.15, -0.1) is 0 Å². The summed E-state index contributed by atoms with van der Waals surface area (Å²) in [6.07, 6.45) is 0.887. The van der Waals surface area contributed by atoms with Gasteiger partial charge in [0.25, 0.3) is 5.69 Å². The quantitative estimate of drug-likeness (QED) is 0.480. The molecule has 1 aliphatic rings. The Morgan fingerprint density at radius 1 is 1.40 bits per heavy atom. The largest absolute Gasteiger partial charge is 0.323 e. The lowest BCUT2D eigenvalue weighted by molar-refractivity contribution is -0.384. The first kappa shape index (κ1) is 12.9. The van der Waals surface area contributed by atoms with Crippen LogP contribution in [-0.4, -0.2) is 15.9 Å². The summed E-state index contributed by atoms with van der Waals surface area (Å²) in [6, 6.07) is 10.9. The monoisotopic (exact) mass is 289 g/mol. The van der Waals surface area contributed by atoms with Crippen LogP contribution in [0.4, 0.5) is 17.2 Å². The number of para-hydroxylation sites is 1. The van der Waals surface area contributed by atoms with E-state index in [4.69, 9.17) is 11.6 Å². The Kier molecular flexibility index (Phi) is 3.06. The second-order valence-corrected chi connectivity index (χ2v) is 5.20. The van der Waals surface area contributed by atoms with Gasteiger partial charge in [0.15, 0.2) is 0 Å². The molecule has 1 atom stereocenters. The molecule has 102 valence electrons. The molecule has 6 heteroatoms. The molecule has 0 aliphatic carbocycles. The van der Waals surface area contributed by atoms with E-state index < -0.39 is 4.92 Å². The number of halogens is 1. The minimum absolute atomic E-state index is 0.0448. The lowest BCUT2D eigenvalue weighted by Gasteiger charge is -2.23. The number of pyridine rings is 1. The van der Waals surface area contributed by atoms with Crippen LogP contribution in [0.5, 0.6) is 0 Å². The Morgan fingerprint density at radius 2 is 2.15 bits per heavy atom. The van der Waals surface area contributed by atoms with Gasteiger partial charge >= 0.3 is 0 Å². The molecule has 2 aromatic rings. The normalized spacial score (nSPS) is 17.1. The highest BCUT2D eigenvalue weighted by Gasteiger charge is 2.29. The maximum atomic E-state index is 10.9. The van der Waals surface area contributed by atoms with Gasteiger partial charge in [-0.2, -0.15) is 0 Å². The summed E-state index contributed by atoms with van der Waals surface area (Å²) < 4.78 is 0. The molecule has 2 heterocycles. The van der Waals surface area contributed by atoms with E-state index in [0.717, 1.165) is 12.1 Å². The van der Waals surface area contributed by atoms with Gasteiger partial charge in [-0.05, 0) is 25.0 Å². The van der Waals surface area contributed by atoms with Gasteiger partial charge in [0, 0.05) is 11.7 Å². The number of aromatic nitrogens is 1. The molecule has 5 nitrogen and oxygen atoms in total. The number of nitrogens with zero attached hydrogens (tertiary/aromatic N) is 3. The third kappa shape index (κ3) is 2.10. The van der Waals surface area contributed by atoms with E-state index in [1.54, 1.807) is 0 Å². The van der Waals surface area contributed by atoms with Gasteiger partial charge in [-0.3, -0.25) is 10.1 Å². The molecule has 0 spiro atoms. The summed E-state index contributed by atoms with van der Waals surface area (Å²) in [5.74, 6) is 0.515. The molecular weight excluding hydrogens is 278 g/mol. The van der Waals surface area contributed by atoms with Crippen molar-refractivity contribution in [3.8, 4) is 0 Å². The number of benzene rings is 1. The summed E-state index contributed by atoms with van der Waals surface area (Å²) >= 11 is 5.91. The Hall–Kier alpha value is -2.14. The van der Waals surface area contributed by atoms with Crippen molar-refractivity contribution in [2.45, 2.75) is 19.4 Å². The van der Waals surface area contributed by atoms with E-state index in [1.165, 1.54) is 17.7 Å². The van der Waals surface area contributed by atoms with Crippen LogP contribution in [-0.2, 0) is 6.42 Å². The molecule has 20 heavy (non-hydrogen) atoms. The van der Waals surface area contributed by atoms with Crippen LogP contribution in [0.1, 0.15) is 12.5 Å². The predicted octanol–water partition coefficient (Wildman–Crippen LogP) is 3.73. The zero-order chi connectivity index (χ0) is 14.3. The van der Waals surface area contributed by atoms with Crippen LogP contribution in [0.25, 0.3) is 0 Å². The number of rotatable bonds is 2. The van der Waals surface area contributed by atoms with Gasteiger partial charge in [0.1, 0.15) is 11.0 Å². The molecule has 1 unspecified atom stereocenters. The second kappa shape index (κ2) is 4.76. The fourth-order valence-corrected chi connectivity index (χ4v) is 2.81. The molecule has 3 rings (SSSR count). The molecule has 0 radical (unpaired) electrons. The molecule has 0 amide bonds. The highest BCUT2D eigenvalue weighted by atomic mass is 35.5. The maximum Gasteiger partial charge on any atom is 0.276 e. The van der Waals surface area contributed by atoms with Crippen LogP contribution in [0.15, 0.2) is 36.4 Å². The molecule has 0 saturated heterocycles. The van der Waals surface area contributed by atoms with Crippen molar-refractivity contribution < 1.29 is 4.92 Å². The van der Waals surface area contributed by atoms with Crippen molar-refractivity contribution in [1.82, 2.24) is 4.98 Å². The van der Waals surface area contributed by atoms with Crippen LogP contribution >= 0.6 is 11.6 Å². The highest BCUT2D eigenvalue weighted by molar-refractivity contribution is 6.29. The Balaban J connectivity index is 2.11. The van der Waals surface area contributed by atoms with Gasteiger partial charge in [0.2, 0.25) is 0 Å². The Bertz CT molecular complexity index is 690. The van der Waals surface area contributed by atoms with Crippen LogP contribution in [0.2, 0.25) is 5.15 Å². The van der Waals surface area contributed by atoms with Crippen LogP contribution in [0, 0.1) is 10.1 Å². The first-order valence-electron chi connectivity index (χ1n) is 6.25. The van der Waals surface area contributed by atoms with Crippen molar-refractivity contribution in [2.24, 2.45) is 0 Å². The summed E-state index contributed by atoms with van der Waals surface area (Å²) in [5, 5.41) is 11.1. The standard InChI is InChI=1S/C14H12ClN3O2/c1-9-6-10-4-2-3-5-12(10)17(9)14-8-11(18(19)20)7-13(15)16-14/h2-5,7-9H,6H2,1H3. The summed E-state index contributed by atoms with van der Waals surface area (Å²) in [4.78, 5) is 16.7. The van der Waals surface area contributed by atoms with Gasteiger partial charge < -0.3 is 4.90 Å². The summed E-state index contributed by atoms with van der Waals surface area (Å²) in [7, 11) is 0. The smallest absolute Gasteiger partial charge is 0.276 e. The van der Waals surface area contributed by atoms with E-state index in [-0.39, 0.29) is 16.9 Å². The maximum absolute atomic E-state index is 10.9. The third-order valence-electron chi connectivity index (χ3n) is 3.43. The highest BCUT2D eigenvalue weighted by Crippen LogP contribution is 2.38. The Morgan fingerprint density at radius 3 is 2.90 bits per heavy atom. The SMILES string of the molecule is CC1Cc2ccccc2N1c1cc([N+](=O)[O-])cc(Cl)n1. The van der Waals surface area contributed by atoms with E-state index in [9.17, 15) is 10.1 Å². The molecule has 0 bridgehead atoms. The van der Waals surface area contributed by atoms with E-state index in [2.05, 4.69) is 18.0 Å². The molecule has 0 N–H and O–H groups in total. The van der Waals surface area contributed by atoms with Crippen LogP contribution in [0.3, 0.4) is 0 Å². The predicted molar refractivity (Wildman–Crippen MR) is 77.6 cm³/mol. The number of anilines is 2. The van der Waals surface area contributed by atoms with E-state index in [1.807, 2.05) is 23.1 Å². The van der Waals surface area contributed by atoms with Crippen molar-refractivity contribution >= 4 is 28.8 Å². The number of hydrogen-bond donors (Lipinski definition) is 0. The lowest BCUT2D eigenvalue weighted by Crippen LogP contribution is -2.24. The fraction of sp³-hybridized carbons (Fsp3) is 0.214. The summed E-state index contributed by atoms with van der Waals surface area (Å²) in [6.45, 7) is 2.06. The molecular formula is C14H12ClN3O2. The van der Waals surface area contributed by atoms with E-state index in [0.29, 0.717) is 5.82 Å². The first-order chi connectivity index (χ1) is 9.56. The molecule has 0 saturated carbocycles. The average molecular weight is 290 g/mol. The number of hydrogen-bond acceptors (Lipinski definition) is 4. The number of fused-ring (bicyclic) bond motifs is 1. The minimum atomic E-state index is -0.455. The van der Waals surface area contributed by atoms with Gasteiger partial charge in [-0.1, -0.05) is 29.8 Å². The average Bonchev–Trinajstić information content (AvgIpc) is 2.73. The molecule has 0 fully saturated rings. The second-order valence-electron chi connectivity index (χ2n) is 4.82. The third-order valence-corrected chi connectivity index (χ3v) is 3.62. The topological polar surface area (TPSA) is 59.3 Å². The van der Waals surface area contributed by atoms with Gasteiger partial charge in [0.05, 0.1) is 17.1 Å². The molecule has 1 aromatic carbocycles. The van der Waals surface area contributed by atoms with E-state index >= 15 is 0 Å². The zero-order valence-corrected chi connectivity index (χ0v) is 11.5. The van der Waals surface area contributed by atoms with Crippen molar-refractivity contribution in [3.05, 3.63) is 57.2 Å². The minimum Gasteiger partial charge on any atom is -0.323 e.